The predicted molar refractivity (Wildman–Crippen MR) is 93.6 cm³/mol. The molecule has 1 saturated heterocycles. The number of ether oxygens (including phenoxy) is 1. The molecule has 0 aliphatic carbocycles. The van der Waals surface area contributed by atoms with Crippen molar-refractivity contribution in [3.63, 3.8) is 0 Å². The van der Waals surface area contributed by atoms with Gasteiger partial charge in [-0.2, -0.15) is 22.7 Å². The van der Waals surface area contributed by atoms with E-state index < -0.39 is 27.9 Å². The van der Waals surface area contributed by atoms with Crippen molar-refractivity contribution in [3.05, 3.63) is 59.3 Å². The summed E-state index contributed by atoms with van der Waals surface area (Å²) < 4.78 is 69.9. The molecule has 1 aliphatic heterocycles. The van der Waals surface area contributed by atoms with Crippen molar-refractivity contribution in [1.82, 2.24) is 9.29 Å². The summed E-state index contributed by atoms with van der Waals surface area (Å²) in [4.78, 5) is 4.00. The molecule has 148 valence electrons. The molecule has 1 atom stereocenters. The van der Waals surface area contributed by atoms with Gasteiger partial charge in [-0.25, -0.2) is 13.4 Å². The third-order valence-corrected chi connectivity index (χ3v) is 6.10. The quantitative estimate of drug-likeness (QED) is 0.756. The monoisotopic (exact) mass is 411 g/mol. The summed E-state index contributed by atoms with van der Waals surface area (Å²) in [5.74, 6) is -0.147. The number of hydrogen-bond acceptors (Lipinski definition) is 5. The Labute approximate surface area is 160 Å². The molecular formula is C18H16F3N3O3S. The molecule has 2 aromatic rings. The van der Waals surface area contributed by atoms with Crippen LogP contribution in [0.5, 0.6) is 5.88 Å². The van der Waals surface area contributed by atoms with E-state index in [2.05, 4.69) is 4.98 Å². The molecule has 1 aromatic carbocycles. The lowest BCUT2D eigenvalue weighted by molar-refractivity contribution is -0.137. The average molecular weight is 411 g/mol. The van der Waals surface area contributed by atoms with Crippen LogP contribution < -0.4 is 4.74 Å². The van der Waals surface area contributed by atoms with Crippen molar-refractivity contribution in [2.24, 2.45) is 0 Å². The molecule has 0 N–H and O–H groups in total. The second kappa shape index (κ2) is 7.77. The first-order chi connectivity index (χ1) is 13.2. The molecule has 3 rings (SSSR count). The smallest absolute Gasteiger partial charge is 0.416 e. The van der Waals surface area contributed by atoms with Gasteiger partial charge in [-0.05, 0) is 30.2 Å². The van der Waals surface area contributed by atoms with Crippen LogP contribution in [-0.2, 0) is 22.0 Å². The number of nitrogens with zero attached hydrogens (tertiary/aromatic N) is 3. The summed E-state index contributed by atoms with van der Waals surface area (Å²) in [6.45, 7) is 0.354. The maximum atomic E-state index is 12.6. The van der Waals surface area contributed by atoms with Gasteiger partial charge in [0.2, 0.25) is 15.9 Å². The molecule has 1 aliphatic rings. The highest BCUT2D eigenvalue weighted by Crippen LogP contribution is 2.29. The van der Waals surface area contributed by atoms with Gasteiger partial charge < -0.3 is 4.74 Å². The zero-order chi connectivity index (χ0) is 20.4. The van der Waals surface area contributed by atoms with Gasteiger partial charge in [-0.1, -0.05) is 12.1 Å². The Morgan fingerprint density at radius 2 is 1.96 bits per heavy atom. The topological polar surface area (TPSA) is 83.3 Å². The number of aromatic nitrogens is 1. The lowest BCUT2D eigenvalue weighted by Crippen LogP contribution is -2.32. The fraction of sp³-hybridized carbons (Fsp3) is 0.333. The normalized spacial score (nSPS) is 18.0. The molecule has 0 bridgehead atoms. The molecule has 0 radical (unpaired) electrons. The van der Waals surface area contributed by atoms with E-state index >= 15 is 0 Å². The third-order valence-electron chi connectivity index (χ3n) is 4.28. The minimum atomic E-state index is -4.46. The number of sulfonamides is 1. The zero-order valence-electron chi connectivity index (χ0n) is 14.6. The number of benzene rings is 1. The van der Waals surface area contributed by atoms with Crippen LogP contribution >= 0.6 is 0 Å². The fourth-order valence-corrected chi connectivity index (χ4v) is 4.43. The number of hydrogen-bond donors (Lipinski definition) is 0. The van der Waals surface area contributed by atoms with E-state index in [9.17, 15) is 21.6 Å². The SMILES string of the molecule is N#Cc1ccnc(OC2CCN(S(=O)(=O)Cc3ccc(C(F)(F)F)cc3)C2)c1. The van der Waals surface area contributed by atoms with Crippen LogP contribution in [0.2, 0.25) is 0 Å². The largest absolute Gasteiger partial charge is 0.473 e. The first-order valence-corrected chi connectivity index (χ1v) is 9.95. The van der Waals surface area contributed by atoms with Gasteiger partial charge >= 0.3 is 6.18 Å². The molecule has 0 spiro atoms. The van der Waals surface area contributed by atoms with E-state index in [0.717, 1.165) is 12.1 Å². The lowest BCUT2D eigenvalue weighted by atomic mass is 10.1. The zero-order valence-corrected chi connectivity index (χ0v) is 15.4. The van der Waals surface area contributed by atoms with Crippen LogP contribution in [0.15, 0.2) is 42.6 Å². The van der Waals surface area contributed by atoms with Crippen molar-refractivity contribution in [3.8, 4) is 11.9 Å². The van der Waals surface area contributed by atoms with E-state index in [4.69, 9.17) is 10.00 Å². The molecule has 0 amide bonds. The van der Waals surface area contributed by atoms with Crippen molar-refractivity contribution < 1.29 is 26.3 Å². The summed E-state index contributed by atoms with van der Waals surface area (Å²) in [5, 5.41) is 8.89. The van der Waals surface area contributed by atoms with Crippen molar-refractivity contribution in [2.75, 3.05) is 13.1 Å². The maximum absolute atomic E-state index is 12.6. The summed E-state index contributed by atoms with van der Waals surface area (Å²) in [6, 6.07) is 9.05. The number of pyridine rings is 1. The van der Waals surface area contributed by atoms with Crippen molar-refractivity contribution in [1.29, 1.82) is 5.26 Å². The van der Waals surface area contributed by atoms with Crippen LogP contribution in [0.4, 0.5) is 13.2 Å². The van der Waals surface area contributed by atoms with E-state index in [1.165, 1.54) is 34.8 Å². The van der Waals surface area contributed by atoms with Crippen LogP contribution in [0.1, 0.15) is 23.1 Å². The summed E-state index contributed by atoms with van der Waals surface area (Å²) in [5.41, 5.74) is -0.161. The first kappa shape index (κ1) is 20.1. The summed E-state index contributed by atoms with van der Waals surface area (Å²) in [7, 11) is -3.70. The Hall–Kier alpha value is -2.64. The highest BCUT2D eigenvalue weighted by molar-refractivity contribution is 7.88. The predicted octanol–water partition coefficient (Wildman–Crippen LogP) is 2.96. The highest BCUT2D eigenvalue weighted by atomic mass is 32.2. The van der Waals surface area contributed by atoms with Gasteiger partial charge in [-0.15, -0.1) is 0 Å². The molecule has 28 heavy (non-hydrogen) atoms. The summed E-state index contributed by atoms with van der Waals surface area (Å²) >= 11 is 0. The van der Waals surface area contributed by atoms with E-state index in [1.54, 1.807) is 0 Å². The van der Waals surface area contributed by atoms with E-state index in [0.29, 0.717) is 12.0 Å². The first-order valence-electron chi connectivity index (χ1n) is 8.34. The van der Waals surface area contributed by atoms with Crippen LogP contribution in [-0.4, -0.2) is 36.9 Å². The molecule has 2 heterocycles. The second-order valence-corrected chi connectivity index (χ2v) is 8.30. The molecule has 1 aromatic heterocycles. The standard InChI is InChI=1S/C18H16F3N3O3S/c19-18(20,21)15-3-1-13(2-4-15)12-28(25,26)24-8-6-16(11-24)27-17-9-14(10-22)5-7-23-17/h1-5,7,9,16H,6,8,11-12H2. The fourth-order valence-electron chi connectivity index (χ4n) is 2.85. The molecule has 0 saturated carbocycles. The third kappa shape index (κ3) is 4.79. The van der Waals surface area contributed by atoms with E-state index in [-0.39, 0.29) is 30.3 Å². The Balaban J connectivity index is 1.62. The van der Waals surface area contributed by atoms with Crippen LogP contribution in [0.3, 0.4) is 0 Å². The minimum absolute atomic E-state index is 0.113. The molecule has 1 unspecified atom stereocenters. The minimum Gasteiger partial charge on any atom is -0.473 e. The van der Waals surface area contributed by atoms with Gasteiger partial charge in [0.15, 0.2) is 0 Å². The average Bonchev–Trinajstić information content (AvgIpc) is 3.11. The number of halogens is 3. The van der Waals surface area contributed by atoms with Crippen molar-refractivity contribution >= 4 is 10.0 Å². The van der Waals surface area contributed by atoms with Crippen LogP contribution in [0, 0.1) is 11.3 Å². The molecular weight excluding hydrogens is 395 g/mol. The van der Waals surface area contributed by atoms with Gasteiger partial charge in [0.1, 0.15) is 6.10 Å². The summed E-state index contributed by atoms with van der Waals surface area (Å²) in [6.07, 6.45) is -3.00. The Morgan fingerprint density at radius 1 is 1.25 bits per heavy atom. The lowest BCUT2D eigenvalue weighted by Gasteiger charge is -2.17. The van der Waals surface area contributed by atoms with Crippen LogP contribution in [0.25, 0.3) is 0 Å². The van der Waals surface area contributed by atoms with E-state index in [1.807, 2.05) is 6.07 Å². The van der Waals surface area contributed by atoms with Crippen molar-refractivity contribution in [2.45, 2.75) is 24.5 Å². The van der Waals surface area contributed by atoms with Gasteiger partial charge in [-0.3, -0.25) is 0 Å². The second-order valence-electron chi connectivity index (χ2n) is 6.33. The van der Waals surface area contributed by atoms with Gasteiger partial charge in [0.25, 0.3) is 0 Å². The number of rotatable bonds is 5. The van der Waals surface area contributed by atoms with Gasteiger partial charge in [0.05, 0.1) is 29.5 Å². The highest BCUT2D eigenvalue weighted by Gasteiger charge is 2.33. The Morgan fingerprint density at radius 3 is 2.61 bits per heavy atom. The Bertz CT molecular complexity index is 986. The van der Waals surface area contributed by atoms with Gasteiger partial charge in [0, 0.05) is 18.8 Å². The molecule has 1 fully saturated rings. The molecule has 6 nitrogen and oxygen atoms in total. The number of nitriles is 1. The Kier molecular flexibility index (Phi) is 5.58. The maximum Gasteiger partial charge on any atom is 0.416 e. The number of alkyl halides is 3. The molecule has 10 heteroatoms.